The van der Waals surface area contributed by atoms with E-state index in [1.54, 1.807) is 6.07 Å². The Labute approximate surface area is 77.1 Å². The highest BCUT2D eigenvalue weighted by molar-refractivity contribution is 5.31. The van der Waals surface area contributed by atoms with Gasteiger partial charge < -0.3 is 5.11 Å². The highest BCUT2D eigenvalue weighted by Crippen LogP contribution is 2.14. The molecule has 0 spiro atoms. The molecule has 0 fully saturated rings. The maximum absolute atomic E-state index is 9.11. The topological polar surface area (TPSA) is 20.2 Å². The third kappa shape index (κ3) is 4.02. The molecule has 1 N–H and O–H groups in total. The molecule has 0 aliphatic heterocycles. The fraction of sp³-hybridized carbons (Fsp3) is 0.455. The zero-order valence-electron chi connectivity index (χ0n) is 5.46. The van der Waals surface area contributed by atoms with Crippen LogP contribution in [0.4, 0.5) is 0 Å². The van der Waals surface area contributed by atoms with E-state index < -0.39 is 0 Å². The van der Waals surface area contributed by atoms with Crippen LogP contribution < -0.4 is 0 Å². The normalized spacial score (nSPS) is 7.08. The number of phenolic OH excluding ortho intramolecular Hbond substituents is 1. The average molecular weight is 170 g/mol. The second-order valence-corrected chi connectivity index (χ2v) is 1.98. The van der Waals surface area contributed by atoms with Gasteiger partial charge in [-0.2, -0.15) is 0 Å². The molecule has 0 aliphatic rings. The minimum Gasteiger partial charge on any atom is -0.508 e. The maximum Gasteiger partial charge on any atom is 0.118 e. The zero-order chi connectivity index (χ0) is 6.69. The number of phenols is 1. The van der Waals surface area contributed by atoms with Crippen LogP contribution in [0.2, 0.25) is 0 Å². The number of aromatic hydroxyl groups is 1. The molecule has 0 aromatic heterocycles. The highest BCUT2D eigenvalue weighted by atomic mass is 16.3. The van der Waals surface area contributed by atoms with Crippen LogP contribution in [0.15, 0.2) is 24.3 Å². The lowest BCUT2D eigenvalue weighted by Crippen LogP contribution is -1.77. The van der Waals surface area contributed by atoms with Crippen molar-refractivity contribution >= 4 is 0 Å². The molecule has 0 unspecified atom stereocenters. The van der Waals surface area contributed by atoms with Crippen molar-refractivity contribution < 1.29 is 5.11 Å². The first kappa shape index (κ1) is 17.2. The molecule has 1 heteroatoms. The number of aryl methyl sites for hydroxylation is 1. The zero-order valence-corrected chi connectivity index (χ0v) is 5.46. The molecular formula is C11H22O. The Bertz CT molecular complexity index is 194. The Morgan fingerprint density at radius 3 is 1.92 bits per heavy atom. The van der Waals surface area contributed by atoms with Crippen molar-refractivity contribution in [3.8, 4) is 5.75 Å². The first-order valence-electron chi connectivity index (χ1n) is 3.11. The molecule has 1 rings (SSSR count). The summed E-state index contributed by atoms with van der Waals surface area (Å²) in [5.74, 6) is 0.403. The van der Waals surface area contributed by atoms with Crippen LogP contribution in [0.5, 0.6) is 5.75 Å². The fourth-order valence-electron chi connectivity index (χ4n) is 0.810. The summed E-state index contributed by atoms with van der Waals surface area (Å²) in [6.45, 7) is 2.02. The van der Waals surface area contributed by atoms with Crippen LogP contribution in [0.25, 0.3) is 0 Å². The predicted molar refractivity (Wildman–Crippen MR) is 57.7 cm³/mol. The first-order valence-corrected chi connectivity index (χ1v) is 3.11. The molecule has 0 saturated carbocycles. The molecule has 1 aromatic rings. The van der Waals surface area contributed by atoms with Gasteiger partial charge in [-0.3, -0.25) is 0 Å². The lowest BCUT2D eigenvalue weighted by atomic mass is 10.1. The standard InChI is InChI=1S/C8H10O.3CH4/c1-2-7-5-3-4-6-8(7)9;;;/h3-6,9H,2H2,1H3;3*1H4. The van der Waals surface area contributed by atoms with Gasteiger partial charge in [0.25, 0.3) is 0 Å². The summed E-state index contributed by atoms with van der Waals surface area (Å²) in [6, 6.07) is 7.39. The summed E-state index contributed by atoms with van der Waals surface area (Å²) < 4.78 is 0. The summed E-state index contributed by atoms with van der Waals surface area (Å²) in [6.07, 6.45) is 0.896. The largest absolute Gasteiger partial charge is 0.508 e. The van der Waals surface area contributed by atoms with Crippen LogP contribution in [-0.2, 0) is 6.42 Å². The third-order valence-electron chi connectivity index (χ3n) is 1.37. The minimum absolute atomic E-state index is 0. The molecule has 0 bridgehead atoms. The Balaban J connectivity index is -0.000000270. The van der Waals surface area contributed by atoms with E-state index in [9.17, 15) is 0 Å². The lowest BCUT2D eigenvalue weighted by Gasteiger charge is -1.97. The number of hydrogen-bond donors (Lipinski definition) is 1. The van der Waals surface area contributed by atoms with Gasteiger partial charge in [0.1, 0.15) is 5.75 Å². The number of hydrogen-bond acceptors (Lipinski definition) is 1. The molecule has 0 heterocycles. The average Bonchev–Trinajstić information content (AvgIpc) is 1.89. The Kier molecular flexibility index (Phi) is 11.6. The highest BCUT2D eigenvalue weighted by Gasteiger charge is 1.92. The van der Waals surface area contributed by atoms with E-state index in [2.05, 4.69) is 0 Å². The van der Waals surface area contributed by atoms with Gasteiger partial charge in [0.05, 0.1) is 0 Å². The van der Waals surface area contributed by atoms with Gasteiger partial charge in [-0.25, -0.2) is 0 Å². The molecule has 72 valence electrons. The van der Waals surface area contributed by atoms with Crippen LogP contribution in [-0.4, -0.2) is 5.11 Å². The molecule has 12 heavy (non-hydrogen) atoms. The first-order chi connectivity index (χ1) is 4.34. The van der Waals surface area contributed by atoms with Crippen molar-refractivity contribution in [1.82, 2.24) is 0 Å². The van der Waals surface area contributed by atoms with Gasteiger partial charge in [0.15, 0.2) is 0 Å². The third-order valence-corrected chi connectivity index (χ3v) is 1.37. The van der Waals surface area contributed by atoms with Crippen LogP contribution in [0.3, 0.4) is 0 Å². The van der Waals surface area contributed by atoms with Gasteiger partial charge in [0, 0.05) is 0 Å². The molecule has 0 radical (unpaired) electrons. The molecule has 1 aromatic carbocycles. The number of rotatable bonds is 1. The summed E-state index contributed by atoms with van der Waals surface area (Å²) in [7, 11) is 0. The summed E-state index contributed by atoms with van der Waals surface area (Å²) >= 11 is 0. The van der Waals surface area contributed by atoms with E-state index in [4.69, 9.17) is 5.11 Å². The van der Waals surface area contributed by atoms with Gasteiger partial charge in [-0.1, -0.05) is 47.4 Å². The molecule has 0 atom stereocenters. The number of para-hydroxylation sites is 1. The SMILES string of the molecule is C.C.C.CCc1ccccc1O. The second-order valence-electron chi connectivity index (χ2n) is 1.98. The molecule has 0 aliphatic carbocycles. The summed E-state index contributed by atoms with van der Waals surface area (Å²) in [5.41, 5.74) is 1.01. The van der Waals surface area contributed by atoms with E-state index in [0.29, 0.717) is 5.75 Å². The van der Waals surface area contributed by atoms with E-state index in [0.717, 1.165) is 12.0 Å². The van der Waals surface area contributed by atoms with Crippen LogP contribution >= 0.6 is 0 Å². The summed E-state index contributed by atoms with van der Waals surface area (Å²) in [4.78, 5) is 0. The van der Waals surface area contributed by atoms with E-state index in [1.165, 1.54) is 0 Å². The molecular weight excluding hydrogens is 148 g/mol. The van der Waals surface area contributed by atoms with Gasteiger partial charge in [-0.05, 0) is 18.1 Å². The minimum atomic E-state index is 0. The Morgan fingerprint density at radius 2 is 1.58 bits per heavy atom. The smallest absolute Gasteiger partial charge is 0.118 e. The molecule has 0 amide bonds. The van der Waals surface area contributed by atoms with E-state index >= 15 is 0 Å². The van der Waals surface area contributed by atoms with Crippen molar-refractivity contribution in [3.05, 3.63) is 29.8 Å². The van der Waals surface area contributed by atoms with Crippen molar-refractivity contribution in [1.29, 1.82) is 0 Å². The quantitative estimate of drug-likeness (QED) is 0.678. The van der Waals surface area contributed by atoms with Crippen molar-refractivity contribution in [3.63, 3.8) is 0 Å². The fourth-order valence-corrected chi connectivity index (χ4v) is 0.810. The van der Waals surface area contributed by atoms with E-state index in [1.807, 2.05) is 25.1 Å². The van der Waals surface area contributed by atoms with Gasteiger partial charge in [-0.15, -0.1) is 0 Å². The Morgan fingerprint density at radius 1 is 1.08 bits per heavy atom. The Hall–Kier alpha value is -0.980. The van der Waals surface area contributed by atoms with Gasteiger partial charge >= 0.3 is 0 Å². The van der Waals surface area contributed by atoms with Gasteiger partial charge in [0.2, 0.25) is 0 Å². The van der Waals surface area contributed by atoms with Crippen molar-refractivity contribution in [2.24, 2.45) is 0 Å². The predicted octanol–water partition coefficient (Wildman–Crippen LogP) is 3.86. The monoisotopic (exact) mass is 170 g/mol. The van der Waals surface area contributed by atoms with E-state index in [-0.39, 0.29) is 22.3 Å². The number of benzene rings is 1. The summed E-state index contributed by atoms with van der Waals surface area (Å²) in [5, 5.41) is 9.11. The second kappa shape index (κ2) is 8.12. The molecule has 1 nitrogen and oxygen atoms in total. The van der Waals surface area contributed by atoms with Crippen molar-refractivity contribution in [2.75, 3.05) is 0 Å². The molecule has 0 saturated heterocycles. The maximum atomic E-state index is 9.11. The lowest BCUT2D eigenvalue weighted by molar-refractivity contribution is 0.469. The van der Waals surface area contributed by atoms with Crippen LogP contribution in [0, 0.1) is 0 Å². The van der Waals surface area contributed by atoms with Crippen LogP contribution in [0.1, 0.15) is 34.8 Å². The van der Waals surface area contributed by atoms with Crippen molar-refractivity contribution in [2.45, 2.75) is 35.6 Å².